The number of ether oxygens (including phenoxy) is 4. The highest BCUT2D eigenvalue weighted by molar-refractivity contribution is 6.39. The Hall–Kier alpha value is -4.74. The second-order valence-electron chi connectivity index (χ2n) is 10.5. The quantitative estimate of drug-likeness (QED) is 0.159. The molecule has 2 N–H and O–H groups in total. The largest absolute Gasteiger partial charge is 0.493 e. The number of pyridine rings is 1. The Morgan fingerprint density at radius 1 is 1.02 bits per heavy atom. The van der Waals surface area contributed by atoms with Gasteiger partial charge in [0.25, 0.3) is 0 Å². The monoisotopic (exact) mass is 616 g/mol. The van der Waals surface area contributed by atoms with Gasteiger partial charge in [-0.05, 0) is 55.8 Å². The van der Waals surface area contributed by atoms with Crippen molar-refractivity contribution in [2.75, 3.05) is 51.8 Å². The van der Waals surface area contributed by atoms with Crippen LogP contribution >= 0.6 is 0 Å². The first-order chi connectivity index (χ1) is 22.0. The maximum Gasteiger partial charge on any atom is 0.313 e. The Morgan fingerprint density at radius 2 is 1.87 bits per heavy atom. The van der Waals surface area contributed by atoms with Crippen molar-refractivity contribution >= 4 is 28.4 Å². The molecule has 2 heterocycles. The Morgan fingerprint density at radius 3 is 2.64 bits per heavy atom. The molecular weight excluding hydrogens is 579 g/mol. The maximum absolute atomic E-state index is 15.2. The summed E-state index contributed by atoms with van der Waals surface area (Å²) in [4.78, 5) is 31.5. The fraction of sp³-hybridized carbons (Fsp3) is 0.324. The zero-order chi connectivity index (χ0) is 31.6. The van der Waals surface area contributed by atoms with Crippen LogP contribution in [-0.2, 0) is 14.3 Å². The van der Waals surface area contributed by atoms with Gasteiger partial charge < -0.3 is 34.5 Å². The molecule has 1 saturated heterocycles. The molecule has 0 bridgehead atoms. The molecule has 1 unspecified atom stereocenters. The molecule has 0 saturated carbocycles. The number of morpholine rings is 1. The second-order valence-corrected chi connectivity index (χ2v) is 10.5. The summed E-state index contributed by atoms with van der Waals surface area (Å²) >= 11 is 0. The number of rotatable bonds is 12. The number of hydrogen-bond acceptors (Lipinski definition) is 8. The van der Waals surface area contributed by atoms with E-state index < -0.39 is 17.6 Å². The van der Waals surface area contributed by atoms with Crippen LogP contribution in [-0.4, -0.2) is 68.2 Å². The molecule has 1 aliphatic heterocycles. The van der Waals surface area contributed by atoms with Crippen LogP contribution < -0.4 is 24.8 Å². The molecule has 10 nitrogen and oxygen atoms in total. The van der Waals surface area contributed by atoms with Crippen molar-refractivity contribution in [2.45, 2.75) is 25.9 Å². The van der Waals surface area contributed by atoms with Gasteiger partial charge in [0.1, 0.15) is 11.9 Å². The van der Waals surface area contributed by atoms with Crippen molar-refractivity contribution in [1.82, 2.24) is 15.2 Å². The fourth-order valence-corrected chi connectivity index (χ4v) is 5.01. The Balaban J connectivity index is 1.23. The van der Waals surface area contributed by atoms with E-state index in [1.54, 1.807) is 31.5 Å². The molecule has 4 aromatic rings. The van der Waals surface area contributed by atoms with E-state index in [1.807, 2.05) is 30.3 Å². The first kappa shape index (κ1) is 31.7. The molecular formula is C34H37FN4O6. The molecule has 1 atom stereocenters. The number of carbonyl (C=O) groups excluding carboxylic acids is 2. The van der Waals surface area contributed by atoms with Gasteiger partial charge in [0.2, 0.25) is 0 Å². The summed E-state index contributed by atoms with van der Waals surface area (Å²) in [7, 11) is 1.55. The van der Waals surface area contributed by atoms with Crippen LogP contribution in [0.15, 0.2) is 72.9 Å². The Bertz CT molecular complexity index is 1620. The molecule has 1 aliphatic rings. The topological polar surface area (TPSA) is 111 Å². The van der Waals surface area contributed by atoms with Crippen molar-refractivity contribution in [3.8, 4) is 23.0 Å². The third-order valence-corrected chi connectivity index (χ3v) is 7.37. The lowest BCUT2D eigenvalue weighted by molar-refractivity contribution is -0.148. The van der Waals surface area contributed by atoms with Crippen molar-refractivity contribution in [2.24, 2.45) is 0 Å². The number of halogens is 1. The van der Waals surface area contributed by atoms with Gasteiger partial charge in [-0.2, -0.15) is 0 Å². The molecule has 236 valence electrons. The molecule has 5 rings (SSSR count). The molecule has 0 spiro atoms. The molecule has 3 aromatic carbocycles. The highest BCUT2D eigenvalue weighted by Crippen LogP contribution is 2.38. The Labute approximate surface area is 261 Å². The SMILES string of the molecule is CCNCCCCOc1cc2nccc(Oc3ccc(NC(=O)C(=O)N4CCOC(c5ccccc5)C4)cc3F)c2cc1OC. The van der Waals surface area contributed by atoms with Gasteiger partial charge >= 0.3 is 11.8 Å². The van der Waals surface area contributed by atoms with Crippen molar-refractivity contribution in [3.05, 3.63) is 84.3 Å². The highest BCUT2D eigenvalue weighted by Gasteiger charge is 2.29. The maximum atomic E-state index is 15.2. The molecule has 2 amide bonds. The van der Waals surface area contributed by atoms with Gasteiger partial charge in [0, 0.05) is 35.9 Å². The molecule has 1 aromatic heterocycles. The van der Waals surface area contributed by atoms with Crippen molar-refractivity contribution in [3.63, 3.8) is 0 Å². The lowest BCUT2D eigenvalue weighted by Crippen LogP contribution is -2.46. The van der Waals surface area contributed by atoms with Gasteiger partial charge in [-0.25, -0.2) is 4.39 Å². The number of aromatic nitrogens is 1. The van der Waals surface area contributed by atoms with Crippen molar-refractivity contribution in [1.29, 1.82) is 0 Å². The van der Waals surface area contributed by atoms with Crippen LogP contribution in [0.25, 0.3) is 10.9 Å². The third-order valence-electron chi connectivity index (χ3n) is 7.37. The lowest BCUT2D eigenvalue weighted by Gasteiger charge is -2.32. The normalized spacial score (nSPS) is 14.6. The second kappa shape index (κ2) is 15.3. The predicted molar refractivity (Wildman–Crippen MR) is 168 cm³/mol. The number of methoxy groups -OCH3 is 1. The van der Waals surface area contributed by atoms with Gasteiger partial charge in [0.05, 0.1) is 32.4 Å². The molecule has 0 aliphatic carbocycles. The summed E-state index contributed by atoms with van der Waals surface area (Å²) in [5.41, 5.74) is 1.64. The number of carbonyl (C=O) groups is 2. The average molecular weight is 617 g/mol. The summed E-state index contributed by atoms with van der Waals surface area (Å²) < 4.78 is 38.4. The standard InChI is InChI=1S/C34H37FN4O6/c1-3-36-14-7-8-17-43-31-21-27-25(20-30(31)42-2)28(13-15-37-27)45-29-12-11-24(19-26(29)35)38-33(40)34(41)39-16-18-44-32(22-39)23-9-5-4-6-10-23/h4-6,9-13,15,19-21,32,36H,3,7-8,14,16-18,22H2,1-2H3,(H,38,40). The predicted octanol–water partition coefficient (Wildman–Crippen LogP) is 5.48. The summed E-state index contributed by atoms with van der Waals surface area (Å²) in [6.45, 7) is 5.31. The lowest BCUT2D eigenvalue weighted by atomic mass is 10.1. The number of amides is 2. The number of nitrogens with zero attached hydrogens (tertiary/aromatic N) is 2. The number of unbranched alkanes of at least 4 members (excludes halogenated alkanes) is 1. The molecule has 11 heteroatoms. The summed E-state index contributed by atoms with van der Waals surface area (Å²) in [6, 6.07) is 18.6. The van der Waals surface area contributed by atoms with E-state index in [0.29, 0.717) is 41.4 Å². The van der Waals surface area contributed by atoms with Gasteiger partial charge in [-0.1, -0.05) is 37.3 Å². The highest BCUT2D eigenvalue weighted by atomic mass is 19.1. The minimum absolute atomic E-state index is 0.0642. The van der Waals surface area contributed by atoms with Crippen LogP contribution in [0, 0.1) is 5.82 Å². The van der Waals surface area contributed by atoms with E-state index in [9.17, 15) is 9.59 Å². The Kier molecular flexibility index (Phi) is 10.8. The number of hydrogen-bond donors (Lipinski definition) is 2. The van der Waals surface area contributed by atoms with E-state index in [1.165, 1.54) is 17.0 Å². The van der Waals surface area contributed by atoms with Crippen molar-refractivity contribution < 1.29 is 32.9 Å². The minimum atomic E-state index is -0.861. The fourth-order valence-electron chi connectivity index (χ4n) is 5.01. The summed E-state index contributed by atoms with van der Waals surface area (Å²) in [5.74, 6) is -0.927. The van der Waals surface area contributed by atoms with Crippen LogP contribution in [0.2, 0.25) is 0 Å². The number of fused-ring (bicyclic) bond motifs is 1. The van der Waals surface area contributed by atoms with Crippen LogP contribution in [0.1, 0.15) is 31.4 Å². The first-order valence-corrected chi connectivity index (χ1v) is 15.0. The third kappa shape index (κ3) is 8.05. The minimum Gasteiger partial charge on any atom is -0.493 e. The van der Waals surface area contributed by atoms with Gasteiger partial charge in [-0.3, -0.25) is 14.6 Å². The van der Waals surface area contributed by atoms with Crippen LogP contribution in [0.3, 0.4) is 0 Å². The summed E-state index contributed by atoms with van der Waals surface area (Å²) in [5, 5.41) is 6.39. The molecule has 1 fully saturated rings. The zero-order valence-corrected chi connectivity index (χ0v) is 25.4. The average Bonchev–Trinajstić information content (AvgIpc) is 3.07. The van der Waals surface area contributed by atoms with E-state index in [0.717, 1.165) is 37.6 Å². The molecule has 0 radical (unpaired) electrons. The van der Waals surface area contributed by atoms with Gasteiger partial charge in [-0.15, -0.1) is 0 Å². The summed E-state index contributed by atoms with van der Waals surface area (Å²) in [6.07, 6.45) is 3.12. The van der Waals surface area contributed by atoms with E-state index in [4.69, 9.17) is 18.9 Å². The number of nitrogens with one attached hydrogen (secondary N) is 2. The van der Waals surface area contributed by atoms with Crippen LogP contribution in [0.4, 0.5) is 10.1 Å². The number of anilines is 1. The molecule has 45 heavy (non-hydrogen) atoms. The first-order valence-electron chi connectivity index (χ1n) is 15.0. The zero-order valence-electron chi connectivity index (χ0n) is 25.4. The smallest absolute Gasteiger partial charge is 0.313 e. The number of benzene rings is 3. The van der Waals surface area contributed by atoms with E-state index >= 15 is 4.39 Å². The van der Waals surface area contributed by atoms with Crippen LogP contribution in [0.5, 0.6) is 23.0 Å². The van der Waals surface area contributed by atoms with Gasteiger partial charge in [0.15, 0.2) is 23.1 Å². The van der Waals surface area contributed by atoms with E-state index in [-0.39, 0.29) is 30.6 Å². The van der Waals surface area contributed by atoms with E-state index in [2.05, 4.69) is 22.5 Å².